The predicted molar refractivity (Wildman–Crippen MR) is 117 cm³/mol. The second kappa shape index (κ2) is 9.16. The molecule has 1 saturated carbocycles. The van der Waals surface area contributed by atoms with Crippen LogP contribution in [-0.2, 0) is 21.9 Å². The number of hydrogen-bond donors (Lipinski definition) is 1. The Morgan fingerprint density at radius 1 is 1.10 bits per heavy atom. The number of amides is 1. The first-order valence-corrected chi connectivity index (χ1v) is 12.7. The molecule has 31 heavy (non-hydrogen) atoms. The first-order valence-electron chi connectivity index (χ1n) is 11.2. The summed E-state index contributed by atoms with van der Waals surface area (Å²) in [5.41, 5.74) is 0.820. The molecule has 0 radical (unpaired) electrons. The average Bonchev–Trinajstić information content (AvgIpc) is 2.90. The summed E-state index contributed by atoms with van der Waals surface area (Å²) < 4.78 is 34.1. The third-order valence-corrected chi connectivity index (χ3v) is 8.56. The summed E-state index contributed by atoms with van der Waals surface area (Å²) in [4.78, 5) is 24.3. The second-order valence-electron chi connectivity index (χ2n) is 8.86. The number of sulfonamides is 1. The van der Waals surface area contributed by atoms with E-state index in [1.807, 2.05) is 0 Å². The summed E-state index contributed by atoms with van der Waals surface area (Å²) in [6, 6.07) is 4.82. The smallest absolute Gasteiger partial charge is 0.408 e. The van der Waals surface area contributed by atoms with Gasteiger partial charge in [0.2, 0.25) is 15.9 Å². The number of nitrogens with zero attached hydrogens (tertiary/aromatic N) is 2. The molecule has 1 saturated heterocycles. The lowest BCUT2D eigenvalue weighted by molar-refractivity contribution is -0.123. The van der Waals surface area contributed by atoms with Crippen LogP contribution in [0.2, 0.25) is 0 Å². The fraction of sp³-hybridized carbons (Fsp3) is 0.636. The van der Waals surface area contributed by atoms with Crippen LogP contribution in [-0.4, -0.2) is 42.3 Å². The van der Waals surface area contributed by atoms with Crippen molar-refractivity contribution in [3.63, 3.8) is 0 Å². The van der Waals surface area contributed by atoms with E-state index in [2.05, 4.69) is 5.32 Å². The Balaban J connectivity index is 1.34. The molecular weight excluding hydrogens is 418 g/mol. The van der Waals surface area contributed by atoms with Gasteiger partial charge in [0, 0.05) is 38.7 Å². The number of fused-ring (bicyclic) bond motifs is 1. The standard InChI is InChI=1S/C22H31N3O5S/c1-24-19-9-8-18(15-20(19)30-22(24)27)31(28,29)25-12-10-16(11-13-25)14-21(26)23-17-6-4-2-3-5-7-17/h8-9,15-17H,2-7,10-14H2,1H3,(H,23,26). The van der Waals surface area contributed by atoms with Crippen LogP contribution in [0.25, 0.3) is 11.1 Å². The van der Waals surface area contributed by atoms with Gasteiger partial charge in [-0.05, 0) is 43.7 Å². The number of hydrogen-bond acceptors (Lipinski definition) is 5. The number of oxazole rings is 1. The summed E-state index contributed by atoms with van der Waals surface area (Å²) in [6.07, 6.45) is 8.79. The molecule has 0 unspecified atom stereocenters. The lowest BCUT2D eigenvalue weighted by Gasteiger charge is -2.31. The molecule has 2 aromatic rings. The van der Waals surface area contributed by atoms with Crippen LogP contribution in [0.4, 0.5) is 0 Å². The minimum Gasteiger partial charge on any atom is -0.408 e. The van der Waals surface area contributed by atoms with Crippen molar-refractivity contribution in [2.45, 2.75) is 68.7 Å². The summed E-state index contributed by atoms with van der Waals surface area (Å²) in [5.74, 6) is -0.225. The number of rotatable bonds is 5. The highest BCUT2D eigenvalue weighted by Crippen LogP contribution is 2.27. The Bertz CT molecular complexity index is 1090. The van der Waals surface area contributed by atoms with E-state index in [4.69, 9.17) is 4.42 Å². The van der Waals surface area contributed by atoms with Gasteiger partial charge in [0.15, 0.2) is 5.58 Å². The maximum atomic E-state index is 13.1. The lowest BCUT2D eigenvalue weighted by atomic mass is 9.94. The van der Waals surface area contributed by atoms with Crippen molar-refractivity contribution in [3.8, 4) is 0 Å². The molecule has 0 atom stereocenters. The molecule has 1 aromatic heterocycles. The maximum absolute atomic E-state index is 13.1. The fourth-order valence-corrected chi connectivity index (χ4v) is 6.24. The summed E-state index contributed by atoms with van der Waals surface area (Å²) >= 11 is 0. The molecule has 0 spiro atoms. The highest BCUT2D eigenvalue weighted by molar-refractivity contribution is 7.89. The van der Waals surface area contributed by atoms with Crippen LogP contribution in [0, 0.1) is 5.92 Å². The lowest BCUT2D eigenvalue weighted by Crippen LogP contribution is -2.40. The van der Waals surface area contributed by atoms with E-state index in [1.54, 1.807) is 13.1 Å². The minimum absolute atomic E-state index is 0.0952. The zero-order valence-corrected chi connectivity index (χ0v) is 18.8. The SMILES string of the molecule is Cn1c(=O)oc2cc(S(=O)(=O)N3CCC(CC(=O)NC4CCCCCC4)CC3)ccc21. The largest absolute Gasteiger partial charge is 0.419 e. The van der Waals surface area contributed by atoms with Gasteiger partial charge in [-0.3, -0.25) is 9.36 Å². The Morgan fingerprint density at radius 2 is 1.77 bits per heavy atom. The summed E-state index contributed by atoms with van der Waals surface area (Å²) in [7, 11) is -2.09. The first-order chi connectivity index (χ1) is 14.8. The number of carbonyl (C=O) groups excluding carboxylic acids is 1. The second-order valence-corrected chi connectivity index (χ2v) is 10.8. The molecule has 1 amide bonds. The molecule has 8 nitrogen and oxygen atoms in total. The van der Waals surface area contributed by atoms with Gasteiger partial charge in [0.1, 0.15) is 0 Å². The van der Waals surface area contributed by atoms with Gasteiger partial charge in [-0.2, -0.15) is 4.31 Å². The van der Waals surface area contributed by atoms with E-state index in [0.29, 0.717) is 43.9 Å². The van der Waals surface area contributed by atoms with E-state index >= 15 is 0 Å². The molecule has 1 aliphatic heterocycles. The number of nitrogens with one attached hydrogen (secondary N) is 1. The number of aryl methyl sites for hydroxylation is 1. The van der Waals surface area contributed by atoms with Crippen molar-refractivity contribution in [2.24, 2.45) is 13.0 Å². The maximum Gasteiger partial charge on any atom is 0.419 e. The molecule has 9 heteroatoms. The normalized spacial score (nSPS) is 20.0. The van der Waals surface area contributed by atoms with Gasteiger partial charge < -0.3 is 9.73 Å². The van der Waals surface area contributed by atoms with E-state index in [9.17, 15) is 18.0 Å². The molecule has 2 heterocycles. The molecule has 2 aliphatic rings. The Kier molecular flexibility index (Phi) is 6.52. The van der Waals surface area contributed by atoms with Crippen molar-refractivity contribution < 1.29 is 17.6 Å². The van der Waals surface area contributed by atoms with Crippen LogP contribution in [0.5, 0.6) is 0 Å². The third-order valence-electron chi connectivity index (χ3n) is 6.67. The van der Waals surface area contributed by atoms with Gasteiger partial charge >= 0.3 is 5.76 Å². The Labute approximate surface area is 182 Å². The number of benzene rings is 1. The van der Waals surface area contributed by atoms with Crippen molar-refractivity contribution in [2.75, 3.05) is 13.1 Å². The molecule has 4 rings (SSSR count). The summed E-state index contributed by atoms with van der Waals surface area (Å²) in [5, 5.41) is 3.19. The van der Waals surface area contributed by atoms with Crippen molar-refractivity contribution in [1.82, 2.24) is 14.2 Å². The highest BCUT2D eigenvalue weighted by atomic mass is 32.2. The minimum atomic E-state index is -3.67. The van der Waals surface area contributed by atoms with Gasteiger partial charge in [-0.25, -0.2) is 13.2 Å². The zero-order valence-electron chi connectivity index (χ0n) is 18.0. The highest BCUT2D eigenvalue weighted by Gasteiger charge is 2.31. The number of piperidine rings is 1. The zero-order chi connectivity index (χ0) is 22.0. The van der Waals surface area contributed by atoms with Crippen LogP contribution in [0.15, 0.2) is 32.3 Å². The molecule has 1 N–H and O–H groups in total. The van der Waals surface area contributed by atoms with Crippen molar-refractivity contribution in [1.29, 1.82) is 0 Å². The van der Waals surface area contributed by atoms with Gasteiger partial charge in [-0.15, -0.1) is 0 Å². The fourth-order valence-electron chi connectivity index (χ4n) is 4.75. The average molecular weight is 450 g/mol. The van der Waals surface area contributed by atoms with Crippen LogP contribution >= 0.6 is 0 Å². The number of aromatic nitrogens is 1. The van der Waals surface area contributed by atoms with E-state index in [-0.39, 0.29) is 22.3 Å². The van der Waals surface area contributed by atoms with Crippen LogP contribution in [0.1, 0.15) is 57.8 Å². The summed E-state index contributed by atoms with van der Waals surface area (Å²) in [6.45, 7) is 0.779. The molecule has 0 bridgehead atoms. The molecule has 170 valence electrons. The van der Waals surface area contributed by atoms with Gasteiger partial charge in [0.05, 0.1) is 10.4 Å². The third kappa shape index (κ3) is 4.87. The van der Waals surface area contributed by atoms with E-state index < -0.39 is 15.8 Å². The van der Waals surface area contributed by atoms with Crippen molar-refractivity contribution >= 4 is 27.0 Å². The van der Waals surface area contributed by atoms with Crippen LogP contribution in [0.3, 0.4) is 0 Å². The van der Waals surface area contributed by atoms with E-state index in [1.165, 1.54) is 46.7 Å². The van der Waals surface area contributed by atoms with Gasteiger partial charge in [-0.1, -0.05) is 25.7 Å². The van der Waals surface area contributed by atoms with Crippen molar-refractivity contribution in [3.05, 3.63) is 28.7 Å². The molecule has 1 aliphatic carbocycles. The number of carbonyl (C=O) groups is 1. The first kappa shape index (κ1) is 22.1. The van der Waals surface area contributed by atoms with Gasteiger partial charge in [0.25, 0.3) is 0 Å². The van der Waals surface area contributed by atoms with Crippen LogP contribution < -0.4 is 11.1 Å². The molecule has 2 fully saturated rings. The molecule has 1 aromatic carbocycles. The van der Waals surface area contributed by atoms with E-state index in [0.717, 1.165) is 12.8 Å². The Hall–Kier alpha value is -2.13. The quantitative estimate of drug-likeness (QED) is 0.707. The molecular formula is C22H31N3O5S. The predicted octanol–water partition coefficient (Wildman–Crippen LogP) is 2.76. The topological polar surface area (TPSA) is 102 Å². The monoisotopic (exact) mass is 449 g/mol. The Morgan fingerprint density at radius 3 is 2.45 bits per heavy atom.